The second-order valence-electron chi connectivity index (χ2n) is 3.32. The second kappa shape index (κ2) is 5.04. The van der Waals surface area contributed by atoms with E-state index < -0.39 is 5.97 Å². The number of benzene rings is 1. The van der Waals surface area contributed by atoms with Gasteiger partial charge in [0.25, 0.3) is 0 Å². The summed E-state index contributed by atoms with van der Waals surface area (Å²) in [4.78, 5) is 14.8. The van der Waals surface area contributed by atoms with Gasteiger partial charge in [0.05, 0.1) is 22.2 Å². The predicted octanol–water partition coefficient (Wildman–Crippen LogP) is 3.74. The van der Waals surface area contributed by atoms with Crippen molar-refractivity contribution < 1.29 is 9.90 Å². The first-order valence-corrected chi connectivity index (χ1v) is 6.32. The summed E-state index contributed by atoms with van der Waals surface area (Å²) in [6.45, 7) is 0. The molecule has 0 aliphatic rings. The lowest BCUT2D eigenvalue weighted by molar-refractivity contribution is -0.136. The predicted molar refractivity (Wildman–Crippen MR) is 68.9 cm³/mol. The molecule has 1 N–H and O–H groups in total. The molecule has 0 saturated heterocycles. The zero-order chi connectivity index (χ0) is 12.4. The van der Waals surface area contributed by atoms with Crippen LogP contribution in [-0.2, 0) is 11.2 Å². The number of carboxylic acid groups (broad SMARTS) is 1. The molecule has 0 fully saturated rings. The van der Waals surface area contributed by atoms with Crippen LogP contribution in [0.15, 0.2) is 23.6 Å². The van der Waals surface area contributed by atoms with Crippen molar-refractivity contribution in [2.45, 2.75) is 6.42 Å². The van der Waals surface area contributed by atoms with Crippen LogP contribution in [0.25, 0.3) is 10.6 Å². The molecule has 17 heavy (non-hydrogen) atoms. The molecule has 0 amide bonds. The molecule has 0 unspecified atom stereocenters. The maximum Gasteiger partial charge on any atom is 0.309 e. The molecule has 1 aromatic heterocycles. The maximum absolute atomic E-state index is 10.6. The minimum Gasteiger partial charge on any atom is -0.481 e. The minimum atomic E-state index is -0.904. The van der Waals surface area contributed by atoms with Crippen LogP contribution in [0.5, 0.6) is 0 Å². The minimum absolute atomic E-state index is 0.0886. The normalized spacial score (nSPS) is 10.5. The van der Waals surface area contributed by atoms with E-state index in [0.29, 0.717) is 20.7 Å². The Morgan fingerprint density at radius 1 is 1.41 bits per heavy atom. The van der Waals surface area contributed by atoms with Crippen molar-refractivity contribution in [1.29, 1.82) is 0 Å². The van der Waals surface area contributed by atoms with E-state index in [1.165, 1.54) is 11.3 Å². The summed E-state index contributed by atoms with van der Waals surface area (Å²) in [5, 5.41) is 11.9. The molecule has 2 rings (SSSR count). The zero-order valence-corrected chi connectivity index (χ0v) is 10.8. The van der Waals surface area contributed by atoms with Crippen molar-refractivity contribution in [2.75, 3.05) is 0 Å². The summed E-state index contributed by atoms with van der Waals surface area (Å²) in [6.07, 6.45) is -0.0886. The molecule has 0 saturated carbocycles. The third kappa shape index (κ3) is 2.77. The van der Waals surface area contributed by atoms with Crippen LogP contribution in [0.1, 0.15) is 5.69 Å². The fourth-order valence-corrected chi connectivity index (χ4v) is 2.63. The molecular formula is C11H7Cl2NO2S. The Kier molecular flexibility index (Phi) is 3.66. The molecular weight excluding hydrogens is 281 g/mol. The average Bonchev–Trinajstić information content (AvgIpc) is 2.69. The lowest BCUT2D eigenvalue weighted by atomic mass is 10.2. The Hall–Kier alpha value is -1.10. The fourth-order valence-electron chi connectivity index (χ4n) is 1.34. The summed E-state index contributed by atoms with van der Waals surface area (Å²) < 4.78 is 0. The Morgan fingerprint density at radius 3 is 2.88 bits per heavy atom. The molecule has 0 atom stereocenters. The van der Waals surface area contributed by atoms with Gasteiger partial charge in [0, 0.05) is 10.9 Å². The highest BCUT2D eigenvalue weighted by atomic mass is 35.5. The molecule has 6 heteroatoms. The lowest BCUT2D eigenvalue weighted by Crippen LogP contribution is -1.99. The third-order valence-corrected chi connectivity index (χ3v) is 3.81. The Balaban J connectivity index is 2.37. The number of thiazole rings is 1. The number of rotatable bonds is 3. The molecule has 0 spiro atoms. The average molecular weight is 288 g/mol. The molecule has 0 bridgehead atoms. The fraction of sp³-hybridized carbons (Fsp3) is 0.0909. The monoisotopic (exact) mass is 287 g/mol. The van der Waals surface area contributed by atoms with Crippen molar-refractivity contribution in [3.05, 3.63) is 39.3 Å². The topological polar surface area (TPSA) is 50.2 Å². The van der Waals surface area contributed by atoms with E-state index in [0.717, 1.165) is 5.56 Å². The number of carbonyl (C=O) groups is 1. The number of aliphatic carboxylic acids is 1. The second-order valence-corrected chi connectivity index (χ2v) is 4.96. The summed E-state index contributed by atoms with van der Waals surface area (Å²) in [5.74, 6) is -0.904. The van der Waals surface area contributed by atoms with Gasteiger partial charge in [0.15, 0.2) is 0 Å². The van der Waals surface area contributed by atoms with Crippen molar-refractivity contribution in [2.24, 2.45) is 0 Å². The maximum atomic E-state index is 10.6. The van der Waals surface area contributed by atoms with E-state index in [1.54, 1.807) is 23.6 Å². The van der Waals surface area contributed by atoms with E-state index in [1.807, 2.05) is 0 Å². The first-order valence-electron chi connectivity index (χ1n) is 4.68. The summed E-state index contributed by atoms with van der Waals surface area (Å²) >= 11 is 13.3. The van der Waals surface area contributed by atoms with Crippen LogP contribution >= 0.6 is 34.5 Å². The number of hydrogen-bond donors (Lipinski definition) is 1. The smallest absolute Gasteiger partial charge is 0.309 e. The molecule has 0 radical (unpaired) electrons. The van der Waals surface area contributed by atoms with Crippen molar-refractivity contribution in [3.63, 3.8) is 0 Å². The Bertz CT molecular complexity index is 568. The molecule has 2 aromatic rings. The van der Waals surface area contributed by atoms with Crippen LogP contribution < -0.4 is 0 Å². The quantitative estimate of drug-likeness (QED) is 0.935. The van der Waals surface area contributed by atoms with Crippen LogP contribution in [-0.4, -0.2) is 16.1 Å². The van der Waals surface area contributed by atoms with Crippen molar-refractivity contribution in [3.8, 4) is 10.6 Å². The van der Waals surface area contributed by atoms with Gasteiger partial charge >= 0.3 is 5.97 Å². The van der Waals surface area contributed by atoms with Gasteiger partial charge < -0.3 is 5.11 Å². The van der Waals surface area contributed by atoms with Crippen molar-refractivity contribution >= 4 is 40.5 Å². The van der Waals surface area contributed by atoms with Crippen LogP contribution in [0.2, 0.25) is 10.0 Å². The van der Waals surface area contributed by atoms with Gasteiger partial charge in [-0.1, -0.05) is 35.3 Å². The highest BCUT2D eigenvalue weighted by molar-refractivity contribution is 7.13. The number of hydrogen-bond acceptors (Lipinski definition) is 3. The highest BCUT2D eigenvalue weighted by Crippen LogP contribution is 2.34. The number of nitrogens with zero attached hydrogens (tertiary/aromatic N) is 1. The standard InChI is InChI=1S/C11H7Cl2NO2S/c12-8-3-1-2-7(10(8)13)11-14-6(5-17-11)4-9(15)16/h1-3,5H,4H2,(H,15,16). The van der Waals surface area contributed by atoms with E-state index in [4.69, 9.17) is 28.3 Å². The number of halogens is 2. The van der Waals surface area contributed by atoms with E-state index in [2.05, 4.69) is 4.98 Å². The summed E-state index contributed by atoms with van der Waals surface area (Å²) in [7, 11) is 0. The summed E-state index contributed by atoms with van der Waals surface area (Å²) in [6, 6.07) is 5.28. The van der Waals surface area contributed by atoms with Crippen LogP contribution in [0, 0.1) is 0 Å². The van der Waals surface area contributed by atoms with E-state index >= 15 is 0 Å². The van der Waals surface area contributed by atoms with E-state index in [-0.39, 0.29) is 6.42 Å². The first kappa shape index (κ1) is 12.4. The Morgan fingerprint density at radius 2 is 2.18 bits per heavy atom. The van der Waals surface area contributed by atoms with Gasteiger partial charge in [-0.2, -0.15) is 0 Å². The first-order chi connectivity index (χ1) is 8.08. The lowest BCUT2D eigenvalue weighted by Gasteiger charge is -2.01. The van der Waals surface area contributed by atoms with Crippen LogP contribution in [0.4, 0.5) is 0 Å². The number of carboxylic acids is 1. The zero-order valence-electron chi connectivity index (χ0n) is 8.48. The van der Waals surface area contributed by atoms with Gasteiger partial charge in [0.2, 0.25) is 0 Å². The van der Waals surface area contributed by atoms with Gasteiger partial charge in [-0.25, -0.2) is 4.98 Å². The molecule has 0 aliphatic heterocycles. The van der Waals surface area contributed by atoms with Gasteiger partial charge in [-0.3, -0.25) is 4.79 Å². The largest absolute Gasteiger partial charge is 0.481 e. The highest BCUT2D eigenvalue weighted by Gasteiger charge is 2.12. The third-order valence-electron chi connectivity index (χ3n) is 2.07. The molecule has 0 aliphatic carbocycles. The SMILES string of the molecule is O=C(O)Cc1csc(-c2cccc(Cl)c2Cl)n1. The van der Waals surface area contributed by atoms with E-state index in [9.17, 15) is 4.79 Å². The summed E-state index contributed by atoms with van der Waals surface area (Å²) in [5.41, 5.74) is 1.24. The Labute approximate surface area is 112 Å². The van der Waals surface area contributed by atoms with Crippen molar-refractivity contribution in [1.82, 2.24) is 4.98 Å². The molecule has 3 nitrogen and oxygen atoms in total. The molecule has 1 heterocycles. The van der Waals surface area contributed by atoms with Crippen LogP contribution in [0.3, 0.4) is 0 Å². The van der Waals surface area contributed by atoms with Gasteiger partial charge in [0.1, 0.15) is 5.01 Å². The molecule has 88 valence electrons. The van der Waals surface area contributed by atoms with Gasteiger partial charge in [-0.05, 0) is 6.07 Å². The number of aromatic nitrogens is 1. The molecule has 1 aromatic carbocycles. The van der Waals surface area contributed by atoms with Gasteiger partial charge in [-0.15, -0.1) is 11.3 Å².